The van der Waals surface area contributed by atoms with Crippen LogP contribution >= 0.6 is 0 Å². The number of hydrogen-bond acceptors (Lipinski definition) is 3. The fraction of sp³-hybridized carbons (Fsp3) is 0.889. The molecule has 0 radical (unpaired) electrons. The average Bonchev–Trinajstić information content (AvgIpc) is 2.13. The second-order valence-corrected chi connectivity index (χ2v) is 4.19. The first-order valence-electron chi connectivity index (χ1n) is 4.99. The molecule has 94 valence electrons. The summed E-state index contributed by atoms with van der Waals surface area (Å²) in [5.41, 5.74) is 0. The topological polar surface area (TPSA) is 52.6 Å². The van der Waals surface area contributed by atoms with E-state index < -0.39 is 30.7 Å². The molecule has 0 aromatic heterocycles. The Kier molecular flexibility index (Phi) is 4.15. The molecule has 7 heteroatoms. The molecule has 0 bridgehead atoms. The summed E-state index contributed by atoms with van der Waals surface area (Å²) in [5.74, 6) is -1.55. The summed E-state index contributed by atoms with van der Waals surface area (Å²) in [5, 5.41) is 11.2. The predicted octanol–water partition coefficient (Wildman–Crippen LogP) is 0.543. The molecule has 4 nitrogen and oxygen atoms in total. The normalized spacial score (nSPS) is 28.0. The molecule has 0 saturated carbocycles. The molecule has 1 rings (SSSR count). The van der Waals surface area contributed by atoms with Crippen LogP contribution in [-0.2, 0) is 4.79 Å². The van der Waals surface area contributed by atoms with Gasteiger partial charge in [0.2, 0.25) is 0 Å². The fourth-order valence-corrected chi connectivity index (χ4v) is 1.91. The highest BCUT2D eigenvalue weighted by atomic mass is 19.4. The average molecular weight is 240 g/mol. The van der Waals surface area contributed by atoms with Crippen LogP contribution in [0.4, 0.5) is 13.2 Å². The third-order valence-electron chi connectivity index (χ3n) is 2.57. The number of carboxylic acid groups (broad SMARTS) is 1. The van der Waals surface area contributed by atoms with Crippen LogP contribution in [0.3, 0.4) is 0 Å². The molecule has 0 spiro atoms. The van der Waals surface area contributed by atoms with Crippen LogP contribution in [0, 0.1) is 5.92 Å². The van der Waals surface area contributed by atoms with E-state index in [1.807, 2.05) is 0 Å². The summed E-state index contributed by atoms with van der Waals surface area (Å²) < 4.78 is 35.9. The number of rotatable bonds is 3. The molecule has 1 heterocycles. The number of hydrogen-bond donors (Lipinski definition) is 2. The minimum Gasteiger partial charge on any atom is -0.481 e. The summed E-state index contributed by atoms with van der Waals surface area (Å²) in [4.78, 5) is 12.5. The first-order chi connectivity index (χ1) is 7.28. The van der Waals surface area contributed by atoms with Crippen molar-refractivity contribution < 1.29 is 23.1 Å². The number of halogens is 3. The van der Waals surface area contributed by atoms with Gasteiger partial charge in [-0.1, -0.05) is 0 Å². The number of nitrogens with one attached hydrogen (secondary N) is 1. The number of aliphatic carboxylic acids is 1. The van der Waals surface area contributed by atoms with E-state index in [1.54, 1.807) is 11.9 Å². The van der Waals surface area contributed by atoms with Crippen LogP contribution in [0.2, 0.25) is 0 Å². The van der Waals surface area contributed by atoms with E-state index in [9.17, 15) is 18.0 Å². The first-order valence-corrected chi connectivity index (χ1v) is 4.99. The molecule has 0 aliphatic carbocycles. The lowest BCUT2D eigenvalue weighted by Crippen LogP contribution is -2.51. The van der Waals surface area contributed by atoms with Gasteiger partial charge in [0, 0.05) is 19.1 Å². The van der Waals surface area contributed by atoms with Gasteiger partial charge in [-0.05, 0) is 13.5 Å². The smallest absolute Gasteiger partial charge is 0.401 e. The molecule has 16 heavy (non-hydrogen) atoms. The Morgan fingerprint density at radius 3 is 2.62 bits per heavy atom. The van der Waals surface area contributed by atoms with Gasteiger partial charge >= 0.3 is 12.1 Å². The quantitative estimate of drug-likeness (QED) is 0.756. The van der Waals surface area contributed by atoms with E-state index in [2.05, 4.69) is 5.32 Å². The third-order valence-corrected chi connectivity index (χ3v) is 2.57. The molecule has 2 unspecified atom stereocenters. The summed E-state index contributed by atoms with van der Waals surface area (Å²) in [6, 6.07) is -0.415. The number of alkyl halides is 3. The molecule has 1 saturated heterocycles. The Morgan fingerprint density at radius 2 is 2.12 bits per heavy atom. The van der Waals surface area contributed by atoms with E-state index >= 15 is 0 Å². The van der Waals surface area contributed by atoms with E-state index in [-0.39, 0.29) is 6.42 Å². The SMILES string of the molecule is CN1CC(NCC(F)(F)F)CC(C(=O)O)C1. The van der Waals surface area contributed by atoms with E-state index in [0.29, 0.717) is 13.1 Å². The van der Waals surface area contributed by atoms with Crippen LogP contribution in [0.5, 0.6) is 0 Å². The number of likely N-dealkylation sites (N-methyl/N-ethyl adjacent to an activating group) is 1. The van der Waals surface area contributed by atoms with Crippen molar-refractivity contribution in [1.82, 2.24) is 10.2 Å². The summed E-state index contributed by atoms with van der Waals surface area (Å²) in [6.45, 7) is -0.239. The zero-order valence-electron chi connectivity index (χ0n) is 8.92. The maximum absolute atomic E-state index is 12.0. The van der Waals surface area contributed by atoms with Crippen molar-refractivity contribution in [2.24, 2.45) is 5.92 Å². The molecule has 2 atom stereocenters. The third kappa shape index (κ3) is 4.36. The maximum atomic E-state index is 12.0. The monoisotopic (exact) mass is 240 g/mol. The fourth-order valence-electron chi connectivity index (χ4n) is 1.91. The first kappa shape index (κ1) is 13.2. The Labute approximate surface area is 91.4 Å². The molecule has 0 amide bonds. The number of carboxylic acids is 1. The molecule has 0 aromatic carbocycles. The molecule has 0 aromatic rings. The molecule has 1 aliphatic heterocycles. The van der Waals surface area contributed by atoms with Gasteiger partial charge < -0.3 is 15.3 Å². The highest BCUT2D eigenvalue weighted by molar-refractivity contribution is 5.70. The van der Waals surface area contributed by atoms with Crippen molar-refractivity contribution >= 4 is 5.97 Å². The number of nitrogens with zero attached hydrogens (tertiary/aromatic N) is 1. The molecule has 1 fully saturated rings. The Morgan fingerprint density at radius 1 is 1.50 bits per heavy atom. The predicted molar refractivity (Wildman–Crippen MR) is 51.1 cm³/mol. The highest BCUT2D eigenvalue weighted by Gasteiger charge is 2.33. The van der Waals surface area contributed by atoms with E-state index in [4.69, 9.17) is 5.11 Å². The van der Waals surface area contributed by atoms with E-state index in [0.717, 1.165) is 0 Å². The lowest BCUT2D eigenvalue weighted by atomic mass is 9.95. The van der Waals surface area contributed by atoms with E-state index in [1.165, 1.54) is 0 Å². The van der Waals surface area contributed by atoms with Crippen molar-refractivity contribution in [2.45, 2.75) is 18.6 Å². The molecular formula is C9H15F3N2O2. The minimum absolute atomic E-state index is 0.246. The summed E-state index contributed by atoms with van der Waals surface area (Å²) in [7, 11) is 1.71. The maximum Gasteiger partial charge on any atom is 0.401 e. The lowest BCUT2D eigenvalue weighted by molar-refractivity contribution is -0.144. The number of likely N-dealkylation sites (tertiary alicyclic amines) is 1. The zero-order chi connectivity index (χ0) is 12.3. The van der Waals surface area contributed by atoms with Crippen molar-refractivity contribution in [1.29, 1.82) is 0 Å². The zero-order valence-corrected chi connectivity index (χ0v) is 8.92. The second kappa shape index (κ2) is 5.01. The van der Waals surface area contributed by atoms with Crippen LogP contribution in [0.25, 0.3) is 0 Å². The largest absolute Gasteiger partial charge is 0.481 e. The Hall–Kier alpha value is -0.820. The van der Waals surface area contributed by atoms with Crippen LogP contribution in [0.1, 0.15) is 6.42 Å². The van der Waals surface area contributed by atoms with Crippen molar-refractivity contribution in [3.63, 3.8) is 0 Å². The van der Waals surface area contributed by atoms with Gasteiger partial charge in [0.05, 0.1) is 12.5 Å². The van der Waals surface area contributed by atoms with Gasteiger partial charge in [-0.3, -0.25) is 4.79 Å². The number of piperidine rings is 1. The van der Waals surface area contributed by atoms with Gasteiger partial charge in [0.25, 0.3) is 0 Å². The summed E-state index contributed by atoms with van der Waals surface area (Å²) >= 11 is 0. The van der Waals surface area contributed by atoms with Crippen LogP contribution < -0.4 is 5.32 Å². The lowest BCUT2D eigenvalue weighted by Gasteiger charge is -2.34. The van der Waals surface area contributed by atoms with Gasteiger partial charge in [0.1, 0.15) is 0 Å². The second-order valence-electron chi connectivity index (χ2n) is 4.19. The number of carbonyl (C=O) groups is 1. The van der Waals surface area contributed by atoms with Crippen LogP contribution in [-0.4, -0.2) is 54.9 Å². The Bertz CT molecular complexity index is 258. The Balaban J connectivity index is 2.45. The standard InChI is InChI=1S/C9H15F3N2O2/c1-14-3-6(8(15)16)2-7(4-14)13-5-9(10,11)12/h6-7,13H,2-5H2,1H3,(H,15,16). The molecular weight excluding hydrogens is 225 g/mol. The molecule has 1 aliphatic rings. The summed E-state index contributed by atoms with van der Waals surface area (Å²) in [6.07, 6.45) is -4.01. The van der Waals surface area contributed by atoms with Crippen molar-refractivity contribution in [3.8, 4) is 0 Å². The highest BCUT2D eigenvalue weighted by Crippen LogP contribution is 2.18. The van der Waals surface area contributed by atoms with Gasteiger partial charge in [-0.15, -0.1) is 0 Å². The van der Waals surface area contributed by atoms with Gasteiger partial charge in [0.15, 0.2) is 0 Å². The van der Waals surface area contributed by atoms with Crippen LogP contribution in [0.15, 0.2) is 0 Å². The van der Waals surface area contributed by atoms with Gasteiger partial charge in [-0.25, -0.2) is 0 Å². The van der Waals surface area contributed by atoms with Crippen molar-refractivity contribution in [2.75, 3.05) is 26.7 Å². The van der Waals surface area contributed by atoms with Crippen molar-refractivity contribution in [3.05, 3.63) is 0 Å². The molecule has 2 N–H and O–H groups in total. The van der Waals surface area contributed by atoms with Gasteiger partial charge in [-0.2, -0.15) is 13.2 Å². The minimum atomic E-state index is -4.26.